The summed E-state index contributed by atoms with van der Waals surface area (Å²) in [5.74, 6) is 0.263. The van der Waals surface area contributed by atoms with Crippen molar-refractivity contribution in [1.29, 1.82) is 0 Å². The van der Waals surface area contributed by atoms with E-state index in [0.717, 1.165) is 16.3 Å². The monoisotopic (exact) mass is 877 g/mol. The molecule has 31 heavy (non-hydrogen) atoms. The molecule has 0 aliphatic heterocycles. The third-order valence-electron chi connectivity index (χ3n) is 3.79. The molecule has 0 radical (unpaired) electrons. The summed E-state index contributed by atoms with van der Waals surface area (Å²) in [6.07, 6.45) is -0.682. The first-order valence-electron chi connectivity index (χ1n) is 8.84. The number of phenols is 1. The highest BCUT2D eigenvalue weighted by Gasteiger charge is 2.26. The van der Waals surface area contributed by atoms with Crippen molar-refractivity contribution in [2.75, 3.05) is 0 Å². The van der Waals surface area contributed by atoms with Crippen LogP contribution in [0.5, 0.6) is 17.2 Å². The predicted octanol–water partition coefficient (Wildman–Crippen LogP) is 6.12. The van der Waals surface area contributed by atoms with Crippen LogP contribution in [0.3, 0.4) is 0 Å². The molecule has 0 saturated carbocycles. The average Bonchev–Trinajstić information content (AvgIpc) is 2.65. The molecule has 0 heterocycles. The molecule has 2 rings (SSSR count). The fourth-order valence-corrected chi connectivity index (χ4v) is 4.71. The van der Waals surface area contributed by atoms with Gasteiger partial charge in [-0.15, -0.1) is 0 Å². The van der Waals surface area contributed by atoms with Crippen LogP contribution in [-0.2, 0) is 16.0 Å². The van der Waals surface area contributed by atoms with Gasteiger partial charge in [0.05, 0.1) is 10.7 Å². The molecule has 11 heteroatoms. The molecule has 1 unspecified atom stereocenters. The van der Waals surface area contributed by atoms with Crippen LogP contribution in [0.1, 0.15) is 26.3 Å². The molecule has 1 atom stereocenters. The topological polar surface area (TPSA) is 105 Å². The minimum absolute atomic E-state index is 0.0950. The average molecular weight is 877 g/mol. The fourth-order valence-electron chi connectivity index (χ4n) is 2.40. The molecule has 0 fully saturated rings. The van der Waals surface area contributed by atoms with Gasteiger partial charge in [-0.05, 0) is 135 Å². The lowest BCUT2D eigenvalue weighted by molar-refractivity contribution is -0.139. The highest BCUT2D eigenvalue weighted by molar-refractivity contribution is 14.1. The van der Waals surface area contributed by atoms with Crippen molar-refractivity contribution in [3.63, 3.8) is 0 Å². The quantitative estimate of drug-likeness (QED) is 0.303. The summed E-state index contributed by atoms with van der Waals surface area (Å²) < 4.78 is 14.4. The van der Waals surface area contributed by atoms with E-state index in [1.807, 2.05) is 0 Å². The Balaban J connectivity index is 2.23. The SMILES string of the molecule is CC(C)(C)OC(=O)NC(Cc1ccc(Oc2ccc(O)c(I)c2I)c(I)c1I)C(=O)O. The Labute approximate surface area is 234 Å². The van der Waals surface area contributed by atoms with Crippen LogP contribution in [0.2, 0.25) is 0 Å². The number of aromatic hydroxyl groups is 1. The zero-order valence-corrected chi connectivity index (χ0v) is 25.3. The van der Waals surface area contributed by atoms with Gasteiger partial charge in [-0.1, -0.05) is 6.07 Å². The number of aliphatic carboxylic acids is 1. The first kappa shape index (κ1) is 26.9. The first-order chi connectivity index (χ1) is 14.3. The van der Waals surface area contributed by atoms with Gasteiger partial charge in [0.25, 0.3) is 0 Å². The Morgan fingerprint density at radius 3 is 2.06 bits per heavy atom. The lowest BCUT2D eigenvalue weighted by atomic mass is 10.1. The number of hydrogen-bond acceptors (Lipinski definition) is 5. The zero-order valence-electron chi connectivity index (χ0n) is 16.6. The van der Waals surface area contributed by atoms with Crippen LogP contribution in [0.25, 0.3) is 0 Å². The first-order valence-corrected chi connectivity index (χ1v) is 13.2. The standard InChI is InChI=1S/C20H19I4NO6/c1-20(2,3)31-19(29)25-10(18(27)28)8-9-4-6-12(16(23)14(9)21)30-13-7-5-11(26)15(22)17(13)24/h4-7,10,26H,8H2,1-3H3,(H,25,29)(H,27,28). The van der Waals surface area contributed by atoms with Gasteiger partial charge in [0.15, 0.2) is 0 Å². The smallest absolute Gasteiger partial charge is 0.408 e. The van der Waals surface area contributed by atoms with E-state index >= 15 is 0 Å². The van der Waals surface area contributed by atoms with E-state index in [9.17, 15) is 19.8 Å². The number of carbonyl (C=O) groups excluding carboxylic acids is 1. The second-order valence-corrected chi connectivity index (χ2v) is 11.7. The van der Waals surface area contributed by atoms with Gasteiger partial charge in [0, 0.05) is 9.99 Å². The lowest BCUT2D eigenvalue weighted by Crippen LogP contribution is -2.44. The normalized spacial score (nSPS) is 12.2. The highest BCUT2D eigenvalue weighted by atomic mass is 127. The number of amides is 1. The van der Waals surface area contributed by atoms with Crippen molar-refractivity contribution in [1.82, 2.24) is 5.32 Å². The van der Waals surface area contributed by atoms with Gasteiger partial charge in [-0.25, -0.2) is 9.59 Å². The van der Waals surface area contributed by atoms with E-state index < -0.39 is 23.7 Å². The number of carboxylic acid groups (broad SMARTS) is 1. The number of nitrogens with one attached hydrogen (secondary N) is 1. The molecular formula is C20H19I4NO6. The zero-order chi connectivity index (χ0) is 23.5. The summed E-state index contributed by atoms with van der Waals surface area (Å²) in [7, 11) is 0. The van der Waals surface area contributed by atoms with E-state index in [1.165, 1.54) is 0 Å². The number of benzene rings is 2. The summed E-state index contributed by atoms with van der Waals surface area (Å²) in [5.41, 5.74) is 0.0373. The molecule has 2 aromatic carbocycles. The number of carbonyl (C=O) groups is 2. The summed E-state index contributed by atoms with van der Waals surface area (Å²) in [6, 6.07) is 5.68. The third-order valence-corrected chi connectivity index (χ3v) is 10.3. The number of ether oxygens (including phenoxy) is 2. The maximum Gasteiger partial charge on any atom is 0.408 e. The maximum absolute atomic E-state index is 12.0. The summed E-state index contributed by atoms with van der Waals surface area (Å²) in [4.78, 5) is 23.7. The van der Waals surface area contributed by atoms with Crippen molar-refractivity contribution < 1.29 is 29.3 Å². The van der Waals surface area contributed by atoms with Gasteiger partial charge in [0.1, 0.15) is 28.9 Å². The lowest BCUT2D eigenvalue weighted by Gasteiger charge is -2.22. The van der Waals surface area contributed by atoms with Crippen LogP contribution in [0.15, 0.2) is 24.3 Å². The Hall–Kier alpha value is -0.300. The summed E-state index contributed by atoms with van der Waals surface area (Å²) in [6.45, 7) is 5.13. The second-order valence-electron chi connectivity index (χ2n) is 7.40. The molecule has 0 aliphatic carbocycles. The van der Waals surface area contributed by atoms with Gasteiger partial charge in [-0.3, -0.25) is 0 Å². The number of halogens is 4. The third kappa shape index (κ3) is 7.62. The Bertz CT molecular complexity index is 1010. The number of alkyl carbamates (subject to hydrolysis) is 1. The highest BCUT2D eigenvalue weighted by Crippen LogP contribution is 2.37. The van der Waals surface area contributed by atoms with E-state index in [4.69, 9.17) is 9.47 Å². The molecule has 1 amide bonds. The number of carboxylic acids is 1. The van der Waals surface area contributed by atoms with Gasteiger partial charge >= 0.3 is 12.1 Å². The molecule has 168 valence electrons. The van der Waals surface area contributed by atoms with Crippen molar-refractivity contribution >= 4 is 102 Å². The van der Waals surface area contributed by atoms with Crippen LogP contribution < -0.4 is 10.1 Å². The Kier molecular flexibility index (Phi) is 9.75. The molecule has 7 nitrogen and oxygen atoms in total. The van der Waals surface area contributed by atoms with Crippen LogP contribution in [-0.4, -0.2) is 33.9 Å². The molecule has 2 aromatic rings. The number of phenolic OH excluding ortho intramolecular Hbond substituents is 1. The summed E-state index contributed by atoms with van der Waals surface area (Å²) in [5, 5.41) is 21.8. The minimum atomic E-state index is -1.15. The van der Waals surface area contributed by atoms with Crippen LogP contribution in [0, 0.1) is 14.3 Å². The van der Waals surface area contributed by atoms with Crippen LogP contribution in [0.4, 0.5) is 4.79 Å². The molecule has 0 saturated heterocycles. The molecule has 3 N–H and O–H groups in total. The molecule has 0 bridgehead atoms. The van der Waals surface area contributed by atoms with Crippen molar-refractivity contribution in [2.45, 2.75) is 38.8 Å². The predicted molar refractivity (Wildman–Crippen MR) is 150 cm³/mol. The number of hydrogen-bond donors (Lipinski definition) is 3. The maximum atomic E-state index is 12.0. The molecular weight excluding hydrogens is 858 g/mol. The molecule has 0 aromatic heterocycles. The van der Waals surface area contributed by atoms with E-state index in [1.54, 1.807) is 45.0 Å². The van der Waals surface area contributed by atoms with E-state index in [2.05, 4.69) is 95.7 Å². The second kappa shape index (κ2) is 11.2. The van der Waals surface area contributed by atoms with Gasteiger partial charge < -0.3 is 25.0 Å². The largest absolute Gasteiger partial charge is 0.507 e. The van der Waals surface area contributed by atoms with Crippen molar-refractivity contribution in [3.05, 3.63) is 44.1 Å². The molecule has 0 spiro atoms. The van der Waals surface area contributed by atoms with Gasteiger partial charge in [-0.2, -0.15) is 0 Å². The minimum Gasteiger partial charge on any atom is -0.507 e. The van der Waals surface area contributed by atoms with Gasteiger partial charge in [0.2, 0.25) is 0 Å². The Morgan fingerprint density at radius 2 is 1.52 bits per heavy atom. The van der Waals surface area contributed by atoms with Crippen molar-refractivity contribution in [2.24, 2.45) is 0 Å². The Morgan fingerprint density at radius 1 is 0.968 bits per heavy atom. The van der Waals surface area contributed by atoms with Crippen LogP contribution >= 0.6 is 90.4 Å². The van der Waals surface area contributed by atoms with E-state index in [-0.39, 0.29) is 12.2 Å². The van der Waals surface area contributed by atoms with E-state index in [0.29, 0.717) is 15.1 Å². The van der Waals surface area contributed by atoms with Crippen molar-refractivity contribution in [3.8, 4) is 17.2 Å². The molecule has 0 aliphatic rings. The summed E-state index contributed by atoms with van der Waals surface area (Å²) >= 11 is 8.45. The number of rotatable bonds is 6. The fraction of sp³-hybridized carbons (Fsp3) is 0.300.